The molecule has 3 aromatic rings. The third-order valence-corrected chi connectivity index (χ3v) is 4.10. The number of rotatable bonds is 7. The van der Waals surface area contributed by atoms with Crippen molar-refractivity contribution in [2.45, 2.75) is 13.8 Å². The van der Waals surface area contributed by atoms with Gasteiger partial charge in [0.15, 0.2) is 0 Å². The summed E-state index contributed by atoms with van der Waals surface area (Å²) in [5, 5.41) is 21.6. The Morgan fingerprint density at radius 1 is 1.21 bits per heavy atom. The van der Waals surface area contributed by atoms with Crippen LogP contribution in [0.25, 0.3) is 11.3 Å². The molecule has 9 nitrogen and oxygen atoms in total. The quantitative estimate of drug-likeness (QED) is 0.361. The van der Waals surface area contributed by atoms with Crippen LogP contribution in [0.3, 0.4) is 0 Å². The Labute approximate surface area is 166 Å². The normalized spacial score (nSPS) is 11.2. The molecule has 0 radical (unpaired) electrons. The van der Waals surface area contributed by atoms with E-state index in [1.807, 2.05) is 31.2 Å². The molecular weight excluding hydrogens is 374 g/mol. The number of carbonyl (C=O) groups is 1. The fourth-order valence-electron chi connectivity index (χ4n) is 2.56. The van der Waals surface area contributed by atoms with Crippen molar-refractivity contribution in [2.75, 3.05) is 6.61 Å². The van der Waals surface area contributed by atoms with Crippen molar-refractivity contribution in [1.82, 2.24) is 15.6 Å². The average molecular weight is 393 g/mol. The topological polar surface area (TPSA) is 123 Å². The lowest BCUT2D eigenvalue weighted by Gasteiger charge is -2.03. The van der Waals surface area contributed by atoms with E-state index < -0.39 is 10.8 Å². The molecule has 3 rings (SSSR count). The fourth-order valence-corrected chi connectivity index (χ4v) is 2.56. The Kier molecular flexibility index (Phi) is 5.98. The van der Waals surface area contributed by atoms with E-state index in [2.05, 4.69) is 20.7 Å². The van der Waals surface area contributed by atoms with Gasteiger partial charge < -0.3 is 4.74 Å². The van der Waals surface area contributed by atoms with E-state index in [0.717, 1.165) is 11.3 Å². The SMILES string of the molecule is CCOc1ccc(-c2cc(C(=O)N/N=C(/C)c3ccc([N+](=O)[O-])cc3)[nH]n2)cc1. The standard InChI is InChI=1S/C20H19N5O4/c1-3-29-17-10-6-15(7-11-17)18-12-19(23-22-18)20(26)24-21-13(2)14-4-8-16(9-5-14)25(27)28/h4-12H,3H2,1-2H3,(H,22,23)(H,24,26)/b21-13-. The van der Waals surface area contributed by atoms with E-state index in [-0.39, 0.29) is 11.4 Å². The molecule has 2 N–H and O–H groups in total. The van der Waals surface area contributed by atoms with E-state index in [0.29, 0.717) is 23.6 Å². The van der Waals surface area contributed by atoms with Crippen molar-refractivity contribution in [3.05, 3.63) is 76.0 Å². The molecule has 0 bridgehead atoms. The van der Waals surface area contributed by atoms with E-state index >= 15 is 0 Å². The summed E-state index contributed by atoms with van der Waals surface area (Å²) in [4.78, 5) is 22.5. The molecule has 0 aliphatic rings. The summed E-state index contributed by atoms with van der Waals surface area (Å²) in [5.74, 6) is 0.316. The summed E-state index contributed by atoms with van der Waals surface area (Å²) in [7, 11) is 0. The van der Waals surface area contributed by atoms with Gasteiger partial charge in [0, 0.05) is 17.7 Å². The van der Waals surface area contributed by atoms with Crippen molar-refractivity contribution < 1.29 is 14.5 Å². The number of aromatic amines is 1. The molecule has 0 aliphatic carbocycles. The number of nitrogens with zero attached hydrogens (tertiary/aromatic N) is 3. The summed E-state index contributed by atoms with van der Waals surface area (Å²) >= 11 is 0. The maximum atomic E-state index is 12.3. The number of hydrazone groups is 1. The van der Waals surface area contributed by atoms with E-state index in [4.69, 9.17) is 4.74 Å². The Balaban J connectivity index is 1.66. The molecule has 29 heavy (non-hydrogen) atoms. The number of aromatic nitrogens is 2. The molecule has 0 saturated heterocycles. The highest BCUT2D eigenvalue weighted by atomic mass is 16.6. The predicted molar refractivity (Wildman–Crippen MR) is 108 cm³/mol. The summed E-state index contributed by atoms with van der Waals surface area (Å²) < 4.78 is 5.41. The largest absolute Gasteiger partial charge is 0.494 e. The highest BCUT2D eigenvalue weighted by Gasteiger charge is 2.11. The Morgan fingerprint density at radius 2 is 1.90 bits per heavy atom. The summed E-state index contributed by atoms with van der Waals surface area (Å²) in [6.07, 6.45) is 0. The lowest BCUT2D eigenvalue weighted by atomic mass is 10.1. The smallest absolute Gasteiger partial charge is 0.289 e. The van der Waals surface area contributed by atoms with Crippen LogP contribution in [0.15, 0.2) is 59.7 Å². The third kappa shape index (κ3) is 4.83. The summed E-state index contributed by atoms with van der Waals surface area (Å²) in [6.45, 7) is 4.20. The number of nitro benzene ring substituents is 1. The van der Waals surface area contributed by atoms with Gasteiger partial charge in [0.05, 0.1) is 22.9 Å². The molecule has 0 spiro atoms. The lowest BCUT2D eigenvalue weighted by molar-refractivity contribution is -0.384. The maximum Gasteiger partial charge on any atom is 0.289 e. The number of benzene rings is 2. The zero-order valence-corrected chi connectivity index (χ0v) is 15.9. The number of ether oxygens (including phenoxy) is 1. The van der Waals surface area contributed by atoms with Crippen LogP contribution in [0.2, 0.25) is 0 Å². The minimum absolute atomic E-state index is 0.00938. The minimum atomic E-state index is -0.474. The molecule has 1 amide bonds. The molecule has 148 valence electrons. The van der Waals surface area contributed by atoms with Gasteiger partial charge in [0.2, 0.25) is 0 Å². The van der Waals surface area contributed by atoms with Crippen LogP contribution in [0.4, 0.5) is 5.69 Å². The fraction of sp³-hybridized carbons (Fsp3) is 0.150. The van der Waals surface area contributed by atoms with Crippen LogP contribution in [0.1, 0.15) is 29.9 Å². The van der Waals surface area contributed by atoms with Gasteiger partial charge in [-0.15, -0.1) is 0 Å². The minimum Gasteiger partial charge on any atom is -0.494 e. The van der Waals surface area contributed by atoms with Crippen LogP contribution < -0.4 is 10.2 Å². The van der Waals surface area contributed by atoms with Crippen LogP contribution in [-0.2, 0) is 0 Å². The van der Waals surface area contributed by atoms with Crippen molar-refractivity contribution in [3.63, 3.8) is 0 Å². The molecule has 1 aromatic heterocycles. The van der Waals surface area contributed by atoms with E-state index in [1.165, 1.54) is 12.1 Å². The van der Waals surface area contributed by atoms with Crippen LogP contribution >= 0.6 is 0 Å². The molecule has 0 fully saturated rings. The van der Waals surface area contributed by atoms with Gasteiger partial charge in [-0.1, -0.05) is 0 Å². The highest BCUT2D eigenvalue weighted by Crippen LogP contribution is 2.21. The molecule has 0 saturated carbocycles. The second-order valence-corrected chi connectivity index (χ2v) is 6.07. The van der Waals surface area contributed by atoms with Crippen molar-refractivity contribution in [2.24, 2.45) is 5.10 Å². The number of amides is 1. The lowest BCUT2D eigenvalue weighted by Crippen LogP contribution is -2.19. The van der Waals surface area contributed by atoms with Gasteiger partial charge in [0.25, 0.3) is 11.6 Å². The average Bonchev–Trinajstić information content (AvgIpc) is 3.23. The number of hydrogen-bond donors (Lipinski definition) is 2. The van der Waals surface area contributed by atoms with Gasteiger partial charge in [-0.25, -0.2) is 5.43 Å². The molecule has 2 aromatic carbocycles. The van der Waals surface area contributed by atoms with Gasteiger partial charge in [-0.3, -0.25) is 20.0 Å². The number of carbonyl (C=O) groups excluding carboxylic acids is 1. The van der Waals surface area contributed by atoms with Gasteiger partial charge in [-0.2, -0.15) is 10.2 Å². The second-order valence-electron chi connectivity index (χ2n) is 6.07. The Hall–Kier alpha value is -4.01. The van der Waals surface area contributed by atoms with Crippen LogP contribution in [0.5, 0.6) is 5.75 Å². The summed E-state index contributed by atoms with van der Waals surface area (Å²) in [5.41, 5.74) is 5.34. The second kappa shape index (κ2) is 8.79. The van der Waals surface area contributed by atoms with Crippen LogP contribution in [-0.4, -0.2) is 33.3 Å². The zero-order valence-electron chi connectivity index (χ0n) is 15.9. The van der Waals surface area contributed by atoms with Gasteiger partial charge in [0.1, 0.15) is 11.4 Å². The first kappa shape index (κ1) is 19.7. The molecule has 1 heterocycles. The van der Waals surface area contributed by atoms with Crippen molar-refractivity contribution in [3.8, 4) is 17.0 Å². The highest BCUT2D eigenvalue weighted by molar-refractivity contribution is 6.00. The van der Waals surface area contributed by atoms with E-state index in [9.17, 15) is 14.9 Å². The number of non-ortho nitro benzene ring substituents is 1. The monoisotopic (exact) mass is 393 g/mol. The first-order valence-electron chi connectivity index (χ1n) is 8.86. The molecule has 9 heteroatoms. The Bertz CT molecular complexity index is 1040. The number of nitrogens with one attached hydrogen (secondary N) is 2. The Morgan fingerprint density at radius 3 is 2.52 bits per heavy atom. The first-order valence-corrected chi connectivity index (χ1v) is 8.86. The molecule has 0 atom stereocenters. The van der Waals surface area contributed by atoms with Crippen molar-refractivity contribution in [1.29, 1.82) is 0 Å². The maximum absolute atomic E-state index is 12.3. The molecule has 0 aliphatic heterocycles. The third-order valence-electron chi connectivity index (χ3n) is 4.10. The summed E-state index contributed by atoms with van der Waals surface area (Å²) in [6, 6.07) is 14.9. The predicted octanol–water partition coefficient (Wildman–Crippen LogP) is 3.54. The molecular formula is C20H19N5O4. The number of hydrogen-bond acceptors (Lipinski definition) is 6. The molecule has 0 unspecified atom stereocenters. The van der Waals surface area contributed by atoms with Crippen LogP contribution in [0, 0.1) is 10.1 Å². The van der Waals surface area contributed by atoms with Gasteiger partial charge in [-0.05, 0) is 61.9 Å². The first-order chi connectivity index (χ1) is 14.0. The number of H-pyrrole nitrogens is 1. The number of nitro groups is 1. The van der Waals surface area contributed by atoms with Gasteiger partial charge >= 0.3 is 0 Å². The zero-order chi connectivity index (χ0) is 20.8. The van der Waals surface area contributed by atoms with Crippen molar-refractivity contribution >= 4 is 17.3 Å². The van der Waals surface area contributed by atoms with E-state index in [1.54, 1.807) is 25.1 Å².